The van der Waals surface area contributed by atoms with Crippen LogP contribution in [-0.2, 0) is 11.3 Å². The molecule has 0 bridgehead atoms. The van der Waals surface area contributed by atoms with Crippen molar-refractivity contribution < 1.29 is 19.0 Å². The van der Waals surface area contributed by atoms with E-state index in [4.69, 9.17) is 4.74 Å². The fourth-order valence-corrected chi connectivity index (χ4v) is 5.57. The number of anilines is 1. The number of methoxy groups -OCH3 is 1. The van der Waals surface area contributed by atoms with E-state index in [1.165, 1.54) is 17.8 Å². The lowest BCUT2D eigenvalue weighted by Gasteiger charge is -2.34. The average Bonchev–Trinajstić information content (AvgIpc) is 2.93. The van der Waals surface area contributed by atoms with Crippen molar-refractivity contribution in [3.8, 4) is 5.75 Å². The number of aromatic nitrogens is 1. The SMILES string of the molecule is CC.COc1cnc2cccc(C(O)CN3CCC(NCc4cc5c(cc4F)SCC(=O)N5)CC3)c2c1. The van der Waals surface area contributed by atoms with Gasteiger partial charge >= 0.3 is 0 Å². The van der Waals surface area contributed by atoms with E-state index < -0.39 is 6.10 Å². The van der Waals surface area contributed by atoms with Gasteiger partial charge in [0.1, 0.15) is 11.6 Å². The minimum absolute atomic E-state index is 0.0542. The van der Waals surface area contributed by atoms with Crippen molar-refractivity contribution in [2.24, 2.45) is 0 Å². The number of nitrogens with zero attached hydrogens (tertiary/aromatic N) is 2. The van der Waals surface area contributed by atoms with Crippen LogP contribution in [-0.4, -0.2) is 59.4 Å². The maximum absolute atomic E-state index is 14.5. The highest BCUT2D eigenvalue weighted by Gasteiger charge is 2.23. The summed E-state index contributed by atoms with van der Waals surface area (Å²) < 4.78 is 19.8. The van der Waals surface area contributed by atoms with Gasteiger partial charge in [0.15, 0.2) is 0 Å². The Balaban J connectivity index is 0.00000156. The van der Waals surface area contributed by atoms with Gasteiger partial charge in [0.05, 0.1) is 36.4 Å². The van der Waals surface area contributed by atoms with Gasteiger partial charge < -0.3 is 25.4 Å². The van der Waals surface area contributed by atoms with E-state index in [-0.39, 0.29) is 17.8 Å². The highest BCUT2D eigenvalue weighted by atomic mass is 32.2. The number of thioether (sulfide) groups is 1. The van der Waals surface area contributed by atoms with Crippen molar-refractivity contribution in [3.05, 3.63) is 59.5 Å². The summed E-state index contributed by atoms with van der Waals surface area (Å²) in [5.74, 6) is 0.687. The molecule has 1 aromatic heterocycles. The largest absolute Gasteiger partial charge is 0.495 e. The molecule has 1 atom stereocenters. The van der Waals surface area contributed by atoms with Crippen LogP contribution in [0.2, 0.25) is 0 Å². The first-order valence-corrected chi connectivity index (χ1v) is 13.8. The zero-order chi connectivity index (χ0) is 26.4. The molecule has 2 aromatic carbocycles. The van der Waals surface area contributed by atoms with Gasteiger partial charge in [-0.25, -0.2) is 4.39 Å². The monoisotopic (exact) mass is 526 g/mol. The number of hydrogen-bond acceptors (Lipinski definition) is 7. The number of β-amino-alcohol motifs (C(OH)–C–C–N with tert-alkyl or cyclic N) is 1. The molecule has 37 heavy (non-hydrogen) atoms. The van der Waals surface area contributed by atoms with Crippen LogP contribution in [0.3, 0.4) is 0 Å². The van der Waals surface area contributed by atoms with Gasteiger partial charge in [0, 0.05) is 35.0 Å². The molecule has 0 spiro atoms. The quantitative estimate of drug-likeness (QED) is 0.410. The number of hydrogen-bond donors (Lipinski definition) is 3. The summed E-state index contributed by atoms with van der Waals surface area (Å²) in [7, 11) is 1.61. The maximum atomic E-state index is 14.5. The van der Waals surface area contributed by atoms with E-state index in [9.17, 15) is 14.3 Å². The first kappa shape index (κ1) is 27.3. The Morgan fingerprint density at radius 1 is 1.27 bits per heavy atom. The minimum atomic E-state index is -0.630. The van der Waals surface area contributed by atoms with Crippen LogP contribution >= 0.6 is 11.8 Å². The number of aliphatic hydroxyl groups excluding tert-OH is 1. The molecule has 1 unspecified atom stereocenters. The van der Waals surface area contributed by atoms with Crippen LogP contribution in [0.5, 0.6) is 5.75 Å². The number of carbonyl (C=O) groups excluding carboxylic acids is 1. The lowest BCUT2D eigenvalue weighted by atomic mass is 10.0. The third kappa shape index (κ3) is 6.59. The predicted octanol–water partition coefficient (Wildman–Crippen LogP) is 4.74. The molecule has 1 fully saturated rings. The summed E-state index contributed by atoms with van der Waals surface area (Å²) in [5, 5.41) is 18.2. The Bertz CT molecular complexity index is 1230. The lowest BCUT2D eigenvalue weighted by molar-refractivity contribution is -0.113. The first-order chi connectivity index (χ1) is 18.0. The highest BCUT2D eigenvalue weighted by Crippen LogP contribution is 2.33. The number of benzene rings is 2. The average molecular weight is 527 g/mol. The molecule has 3 heterocycles. The second-order valence-electron chi connectivity index (χ2n) is 9.04. The summed E-state index contributed by atoms with van der Waals surface area (Å²) in [6.45, 7) is 6.65. The van der Waals surface area contributed by atoms with E-state index in [2.05, 4.69) is 20.5 Å². The predicted molar refractivity (Wildman–Crippen MR) is 147 cm³/mol. The van der Waals surface area contributed by atoms with Crippen LogP contribution in [0.15, 0.2) is 47.5 Å². The summed E-state index contributed by atoms with van der Waals surface area (Å²) >= 11 is 1.36. The number of fused-ring (bicyclic) bond motifs is 2. The van der Waals surface area contributed by atoms with Gasteiger partial charge in [-0.3, -0.25) is 9.78 Å². The maximum Gasteiger partial charge on any atom is 0.234 e. The third-order valence-electron chi connectivity index (χ3n) is 6.71. The number of piperidine rings is 1. The molecule has 3 aromatic rings. The number of pyridine rings is 1. The zero-order valence-electron chi connectivity index (χ0n) is 21.6. The minimum Gasteiger partial charge on any atom is -0.495 e. The second kappa shape index (κ2) is 12.7. The summed E-state index contributed by atoms with van der Waals surface area (Å²) in [5.41, 5.74) is 2.93. The van der Waals surface area contributed by atoms with Crippen LogP contribution < -0.4 is 15.4 Å². The van der Waals surface area contributed by atoms with Crippen molar-refractivity contribution in [2.45, 2.75) is 50.3 Å². The van der Waals surface area contributed by atoms with E-state index in [1.54, 1.807) is 19.4 Å². The van der Waals surface area contributed by atoms with Crippen LogP contribution in [0.25, 0.3) is 10.9 Å². The number of carbonyl (C=O) groups is 1. The smallest absolute Gasteiger partial charge is 0.234 e. The van der Waals surface area contributed by atoms with E-state index in [0.29, 0.717) is 35.8 Å². The Kier molecular flexibility index (Phi) is 9.37. The van der Waals surface area contributed by atoms with Crippen molar-refractivity contribution in [1.29, 1.82) is 0 Å². The lowest BCUT2D eigenvalue weighted by Crippen LogP contribution is -2.43. The molecule has 0 saturated carbocycles. The van der Waals surface area contributed by atoms with Crippen LogP contribution in [0, 0.1) is 5.82 Å². The van der Waals surface area contributed by atoms with Crippen molar-refractivity contribution in [1.82, 2.24) is 15.2 Å². The second-order valence-corrected chi connectivity index (χ2v) is 10.1. The standard InChI is InChI=1S/C26H29FN4O3S.C2H6/c1-34-18-10-20-19(3-2-4-22(20)29-13-18)24(32)14-31-7-5-17(6-8-31)28-12-16-9-23-25(11-21(16)27)35-15-26(33)30-23;1-2/h2-4,9-11,13,17,24,28,32H,5-8,12,14-15H2,1H3,(H,30,33);1-2H3. The molecule has 9 heteroatoms. The molecule has 198 valence electrons. The number of nitrogens with one attached hydrogen (secondary N) is 2. The Hall–Kier alpha value is -2.72. The number of halogens is 1. The normalized spacial score (nSPS) is 16.9. The number of amides is 1. The number of likely N-dealkylation sites (tertiary alicyclic amines) is 1. The topological polar surface area (TPSA) is 86.7 Å². The Morgan fingerprint density at radius 2 is 2.05 bits per heavy atom. The summed E-state index contributed by atoms with van der Waals surface area (Å²) in [6.07, 6.45) is 2.88. The van der Waals surface area contributed by atoms with Gasteiger partial charge in [0.2, 0.25) is 5.91 Å². The van der Waals surface area contributed by atoms with E-state index in [1.807, 2.05) is 38.1 Å². The molecule has 2 aliphatic rings. The number of rotatable bonds is 7. The van der Waals surface area contributed by atoms with Crippen LogP contribution in [0.4, 0.5) is 10.1 Å². The van der Waals surface area contributed by atoms with Gasteiger partial charge in [0.25, 0.3) is 0 Å². The third-order valence-corrected chi connectivity index (χ3v) is 7.77. The molecule has 1 amide bonds. The van der Waals surface area contributed by atoms with Gasteiger partial charge in [-0.05, 0) is 55.8 Å². The molecule has 0 aliphatic carbocycles. The fourth-order valence-electron chi connectivity index (χ4n) is 4.75. The number of aliphatic hydroxyl groups is 1. The highest BCUT2D eigenvalue weighted by molar-refractivity contribution is 8.00. The van der Waals surface area contributed by atoms with Crippen molar-refractivity contribution >= 4 is 34.3 Å². The van der Waals surface area contributed by atoms with Crippen molar-refractivity contribution in [2.75, 3.05) is 37.8 Å². The van der Waals surface area contributed by atoms with Crippen molar-refractivity contribution in [3.63, 3.8) is 0 Å². The molecule has 7 nitrogen and oxygen atoms in total. The summed E-state index contributed by atoms with van der Waals surface area (Å²) in [6, 6.07) is 11.2. The fraction of sp³-hybridized carbons (Fsp3) is 0.429. The zero-order valence-corrected chi connectivity index (χ0v) is 22.4. The molecule has 5 rings (SSSR count). The molecule has 3 N–H and O–H groups in total. The van der Waals surface area contributed by atoms with Gasteiger partial charge in [-0.1, -0.05) is 26.0 Å². The Morgan fingerprint density at radius 3 is 2.81 bits per heavy atom. The molecule has 1 saturated heterocycles. The van der Waals surface area contributed by atoms with Gasteiger partial charge in [-0.15, -0.1) is 11.8 Å². The molecular formula is C28H35FN4O3S. The first-order valence-electron chi connectivity index (χ1n) is 12.8. The van der Waals surface area contributed by atoms with E-state index in [0.717, 1.165) is 47.3 Å². The molecule has 0 radical (unpaired) electrons. The van der Waals surface area contributed by atoms with Gasteiger partial charge in [-0.2, -0.15) is 0 Å². The van der Waals surface area contributed by atoms with E-state index >= 15 is 0 Å². The summed E-state index contributed by atoms with van der Waals surface area (Å²) in [4.78, 5) is 19.1. The number of ether oxygens (including phenoxy) is 1. The molecular weight excluding hydrogens is 491 g/mol. The van der Waals surface area contributed by atoms with Crippen LogP contribution in [0.1, 0.15) is 43.9 Å². The Labute approximate surface area is 221 Å². The molecule has 2 aliphatic heterocycles.